The number of halogens is 3. The van der Waals surface area contributed by atoms with E-state index >= 15 is 0 Å². The zero-order chi connectivity index (χ0) is 17.7. The molecule has 1 atom stereocenters. The van der Waals surface area contributed by atoms with Crippen molar-refractivity contribution in [1.29, 1.82) is 0 Å². The first-order valence-electron chi connectivity index (χ1n) is 7.53. The van der Waals surface area contributed by atoms with Crippen LogP contribution < -0.4 is 10.6 Å². The van der Waals surface area contributed by atoms with Gasteiger partial charge in [0.1, 0.15) is 0 Å². The SMILES string of the molecule is Cc1ccccc1C(C)NC(=O)NCc1cccc(C(F)(F)F)c1. The quantitative estimate of drug-likeness (QED) is 0.843. The van der Waals surface area contributed by atoms with Crippen molar-refractivity contribution in [3.8, 4) is 0 Å². The number of carbonyl (C=O) groups excluding carboxylic acids is 1. The molecule has 0 saturated heterocycles. The molecule has 3 nitrogen and oxygen atoms in total. The molecule has 24 heavy (non-hydrogen) atoms. The molecule has 0 heterocycles. The van der Waals surface area contributed by atoms with E-state index in [1.54, 1.807) is 6.07 Å². The van der Waals surface area contributed by atoms with Gasteiger partial charge in [0.05, 0.1) is 11.6 Å². The van der Waals surface area contributed by atoms with Gasteiger partial charge in [-0.05, 0) is 42.7 Å². The minimum Gasteiger partial charge on any atom is -0.334 e. The van der Waals surface area contributed by atoms with Crippen molar-refractivity contribution in [2.45, 2.75) is 32.6 Å². The molecule has 0 aromatic heterocycles. The Morgan fingerprint density at radius 1 is 1.12 bits per heavy atom. The van der Waals surface area contributed by atoms with Gasteiger partial charge in [-0.1, -0.05) is 36.4 Å². The third kappa shape index (κ3) is 4.75. The summed E-state index contributed by atoms with van der Waals surface area (Å²) in [7, 11) is 0. The molecule has 6 heteroatoms. The van der Waals surface area contributed by atoms with E-state index in [9.17, 15) is 18.0 Å². The van der Waals surface area contributed by atoms with E-state index in [1.807, 2.05) is 38.1 Å². The minimum atomic E-state index is -4.39. The van der Waals surface area contributed by atoms with Crippen molar-refractivity contribution < 1.29 is 18.0 Å². The normalized spacial score (nSPS) is 12.5. The van der Waals surface area contributed by atoms with Gasteiger partial charge < -0.3 is 10.6 Å². The molecule has 0 aliphatic carbocycles. The summed E-state index contributed by atoms with van der Waals surface area (Å²) in [6.45, 7) is 3.83. The summed E-state index contributed by atoms with van der Waals surface area (Å²) in [5.41, 5.74) is 1.72. The standard InChI is InChI=1S/C18H19F3N2O/c1-12-6-3-4-9-16(12)13(2)23-17(24)22-11-14-7-5-8-15(10-14)18(19,20)21/h3-10,13H,11H2,1-2H3,(H2,22,23,24). The van der Waals surface area contributed by atoms with E-state index in [1.165, 1.54) is 6.07 Å². The van der Waals surface area contributed by atoms with E-state index in [4.69, 9.17) is 0 Å². The van der Waals surface area contributed by atoms with Crippen LogP contribution in [0.1, 0.15) is 35.2 Å². The largest absolute Gasteiger partial charge is 0.416 e. The van der Waals surface area contributed by atoms with Crippen molar-refractivity contribution in [1.82, 2.24) is 10.6 Å². The Hall–Kier alpha value is -2.50. The van der Waals surface area contributed by atoms with E-state index in [2.05, 4.69) is 10.6 Å². The first kappa shape index (κ1) is 17.8. The molecule has 1 unspecified atom stereocenters. The average Bonchev–Trinajstić information content (AvgIpc) is 2.53. The maximum atomic E-state index is 12.7. The van der Waals surface area contributed by atoms with Gasteiger partial charge in [-0.3, -0.25) is 0 Å². The molecular weight excluding hydrogens is 317 g/mol. The zero-order valence-corrected chi connectivity index (χ0v) is 13.4. The molecule has 0 radical (unpaired) electrons. The average molecular weight is 336 g/mol. The third-order valence-electron chi connectivity index (χ3n) is 3.71. The number of aryl methyl sites for hydroxylation is 1. The molecule has 128 valence electrons. The number of amides is 2. The van der Waals surface area contributed by atoms with Crippen molar-refractivity contribution in [3.63, 3.8) is 0 Å². The van der Waals surface area contributed by atoms with Gasteiger partial charge in [0.15, 0.2) is 0 Å². The first-order valence-corrected chi connectivity index (χ1v) is 7.53. The van der Waals surface area contributed by atoms with Crippen LogP contribution in [0.2, 0.25) is 0 Å². The summed E-state index contributed by atoms with van der Waals surface area (Å²) >= 11 is 0. The number of carbonyl (C=O) groups is 1. The van der Waals surface area contributed by atoms with Crippen molar-refractivity contribution in [3.05, 3.63) is 70.8 Å². The molecule has 0 fully saturated rings. The number of rotatable bonds is 4. The lowest BCUT2D eigenvalue weighted by Crippen LogP contribution is -2.36. The molecular formula is C18H19F3N2O. The fourth-order valence-corrected chi connectivity index (χ4v) is 2.44. The van der Waals surface area contributed by atoms with Gasteiger partial charge in [-0.25, -0.2) is 4.79 Å². The summed E-state index contributed by atoms with van der Waals surface area (Å²) in [5.74, 6) is 0. The summed E-state index contributed by atoms with van der Waals surface area (Å²) < 4.78 is 38.0. The highest BCUT2D eigenvalue weighted by Crippen LogP contribution is 2.29. The lowest BCUT2D eigenvalue weighted by molar-refractivity contribution is -0.137. The smallest absolute Gasteiger partial charge is 0.334 e. The highest BCUT2D eigenvalue weighted by molar-refractivity contribution is 5.74. The Bertz CT molecular complexity index is 713. The molecule has 0 aliphatic rings. The van der Waals surface area contributed by atoms with Crippen LogP contribution in [0.15, 0.2) is 48.5 Å². The van der Waals surface area contributed by atoms with E-state index in [-0.39, 0.29) is 12.6 Å². The summed E-state index contributed by atoms with van der Waals surface area (Å²) in [6.07, 6.45) is -4.39. The molecule has 0 spiro atoms. The number of nitrogens with one attached hydrogen (secondary N) is 2. The van der Waals surface area contributed by atoms with Gasteiger partial charge in [0.25, 0.3) is 0 Å². The highest BCUT2D eigenvalue weighted by atomic mass is 19.4. The molecule has 0 bridgehead atoms. The predicted octanol–water partition coefficient (Wildman–Crippen LogP) is 4.57. The Morgan fingerprint density at radius 3 is 2.50 bits per heavy atom. The van der Waals surface area contributed by atoms with Crippen LogP contribution in [-0.2, 0) is 12.7 Å². The molecule has 0 aliphatic heterocycles. The lowest BCUT2D eigenvalue weighted by atomic mass is 10.0. The Kier molecular flexibility index (Phi) is 5.49. The minimum absolute atomic E-state index is 0.0241. The van der Waals surface area contributed by atoms with Crippen LogP contribution in [-0.4, -0.2) is 6.03 Å². The highest BCUT2D eigenvalue weighted by Gasteiger charge is 2.30. The van der Waals surface area contributed by atoms with Crippen LogP contribution in [0, 0.1) is 6.92 Å². The maximum Gasteiger partial charge on any atom is 0.416 e. The molecule has 2 amide bonds. The van der Waals surface area contributed by atoms with Gasteiger partial charge in [0, 0.05) is 6.54 Å². The second-order valence-corrected chi connectivity index (χ2v) is 5.60. The number of hydrogen-bond acceptors (Lipinski definition) is 1. The van der Waals surface area contributed by atoms with Gasteiger partial charge in [0.2, 0.25) is 0 Å². The van der Waals surface area contributed by atoms with Crippen LogP contribution >= 0.6 is 0 Å². The number of alkyl halides is 3. The first-order chi connectivity index (χ1) is 11.3. The number of hydrogen-bond donors (Lipinski definition) is 2. The molecule has 2 N–H and O–H groups in total. The van der Waals surface area contributed by atoms with E-state index in [0.29, 0.717) is 5.56 Å². The number of urea groups is 1. The van der Waals surface area contributed by atoms with Crippen LogP contribution in [0.4, 0.5) is 18.0 Å². The topological polar surface area (TPSA) is 41.1 Å². The van der Waals surface area contributed by atoms with Crippen LogP contribution in [0.3, 0.4) is 0 Å². The second kappa shape index (κ2) is 7.38. The molecule has 2 aromatic rings. The van der Waals surface area contributed by atoms with Crippen molar-refractivity contribution >= 4 is 6.03 Å². The summed E-state index contributed by atoms with van der Waals surface area (Å²) in [6, 6.07) is 12.0. The van der Waals surface area contributed by atoms with Gasteiger partial charge in [-0.15, -0.1) is 0 Å². The monoisotopic (exact) mass is 336 g/mol. The Labute approximate surface area is 138 Å². The Balaban J connectivity index is 1.93. The maximum absolute atomic E-state index is 12.7. The van der Waals surface area contributed by atoms with E-state index in [0.717, 1.165) is 23.3 Å². The molecule has 2 rings (SSSR count). The predicted molar refractivity (Wildman–Crippen MR) is 86.4 cm³/mol. The molecule has 0 saturated carbocycles. The lowest BCUT2D eigenvalue weighted by Gasteiger charge is -2.17. The van der Waals surface area contributed by atoms with Crippen LogP contribution in [0.5, 0.6) is 0 Å². The molecule has 2 aromatic carbocycles. The zero-order valence-electron chi connectivity index (χ0n) is 13.4. The number of benzene rings is 2. The van der Waals surface area contributed by atoms with Crippen molar-refractivity contribution in [2.24, 2.45) is 0 Å². The van der Waals surface area contributed by atoms with Crippen molar-refractivity contribution in [2.75, 3.05) is 0 Å². The second-order valence-electron chi connectivity index (χ2n) is 5.60. The van der Waals surface area contributed by atoms with Gasteiger partial charge >= 0.3 is 12.2 Å². The summed E-state index contributed by atoms with van der Waals surface area (Å²) in [4.78, 5) is 11.9. The van der Waals surface area contributed by atoms with Gasteiger partial charge in [-0.2, -0.15) is 13.2 Å². The van der Waals surface area contributed by atoms with Crippen LogP contribution in [0.25, 0.3) is 0 Å². The van der Waals surface area contributed by atoms with E-state index < -0.39 is 17.8 Å². The fourth-order valence-electron chi connectivity index (χ4n) is 2.44. The summed E-state index contributed by atoms with van der Waals surface area (Å²) in [5, 5.41) is 5.36. The third-order valence-corrected chi connectivity index (χ3v) is 3.71. The fraction of sp³-hybridized carbons (Fsp3) is 0.278. The Morgan fingerprint density at radius 2 is 1.83 bits per heavy atom.